The summed E-state index contributed by atoms with van der Waals surface area (Å²) < 4.78 is 0. The molecule has 1 rings (SSSR count). The fourth-order valence-electron chi connectivity index (χ4n) is 2.34. The first kappa shape index (κ1) is 14.0. The molecule has 2 atom stereocenters. The van der Waals surface area contributed by atoms with Gasteiger partial charge < -0.3 is 10.2 Å². The minimum absolute atomic E-state index is 0.795. The fourth-order valence-corrected chi connectivity index (χ4v) is 2.34. The topological polar surface area (TPSA) is 15.3 Å². The number of hydrogen-bond acceptors (Lipinski definition) is 2. The van der Waals surface area contributed by atoms with E-state index in [1.807, 2.05) is 0 Å². The van der Waals surface area contributed by atoms with Crippen molar-refractivity contribution in [1.82, 2.24) is 10.2 Å². The molecule has 0 amide bonds. The van der Waals surface area contributed by atoms with E-state index in [1.165, 1.54) is 45.3 Å². The summed E-state index contributed by atoms with van der Waals surface area (Å²) in [6.45, 7) is 10.6. The van der Waals surface area contributed by atoms with Gasteiger partial charge in [0.15, 0.2) is 0 Å². The maximum atomic E-state index is 3.61. The molecule has 0 bridgehead atoms. The average molecular weight is 226 g/mol. The second-order valence-corrected chi connectivity index (χ2v) is 5.84. The Morgan fingerprint density at radius 3 is 2.62 bits per heavy atom. The van der Waals surface area contributed by atoms with Crippen LogP contribution < -0.4 is 5.32 Å². The highest BCUT2D eigenvalue weighted by molar-refractivity contribution is 4.75. The van der Waals surface area contributed by atoms with Gasteiger partial charge in [0.1, 0.15) is 0 Å². The van der Waals surface area contributed by atoms with Crippen molar-refractivity contribution in [2.45, 2.75) is 52.5 Å². The summed E-state index contributed by atoms with van der Waals surface area (Å²) in [6.07, 6.45) is 5.54. The third-order valence-electron chi connectivity index (χ3n) is 4.18. The highest BCUT2D eigenvalue weighted by Crippen LogP contribution is 2.17. The molecule has 0 aromatic heterocycles. The van der Waals surface area contributed by atoms with Crippen LogP contribution >= 0.6 is 0 Å². The Morgan fingerprint density at radius 1 is 1.25 bits per heavy atom. The van der Waals surface area contributed by atoms with Crippen LogP contribution in [0.25, 0.3) is 0 Å². The Bertz CT molecular complexity index is 180. The van der Waals surface area contributed by atoms with Crippen molar-refractivity contribution < 1.29 is 0 Å². The molecule has 1 heterocycles. The molecule has 0 aromatic carbocycles. The van der Waals surface area contributed by atoms with Crippen molar-refractivity contribution in [3.05, 3.63) is 0 Å². The summed E-state index contributed by atoms with van der Waals surface area (Å²) in [5.74, 6) is 1.59. The van der Waals surface area contributed by atoms with Crippen molar-refractivity contribution >= 4 is 0 Å². The van der Waals surface area contributed by atoms with E-state index in [0.717, 1.165) is 17.9 Å². The molecule has 1 aliphatic rings. The average Bonchev–Trinajstić information content (AvgIpc) is 2.26. The van der Waals surface area contributed by atoms with E-state index in [2.05, 4.69) is 38.0 Å². The minimum atomic E-state index is 0.795. The molecule has 0 spiro atoms. The van der Waals surface area contributed by atoms with Crippen LogP contribution in [0.4, 0.5) is 0 Å². The lowest BCUT2D eigenvalue weighted by Gasteiger charge is -2.32. The van der Waals surface area contributed by atoms with Crippen molar-refractivity contribution in [3.8, 4) is 0 Å². The van der Waals surface area contributed by atoms with Crippen LogP contribution in [0.5, 0.6) is 0 Å². The summed E-state index contributed by atoms with van der Waals surface area (Å²) in [7, 11) is 2.28. The first-order valence-corrected chi connectivity index (χ1v) is 7.02. The van der Waals surface area contributed by atoms with Crippen LogP contribution in [0, 0.1) is 11.8 Å². The molecule has 2 heteroatoms. The maximum Gasteiger partial charge on any atom is 0.0104 e. The SMILES string of the molecule is CC(C)C(C)CNCCC1CCCCN1C. The molecule has 2 nitrogen and oxygen atoms in total. The van der Waals surface area contributed by atoms with Crippen molar-refractivity contribution in [3.63, 3.8) is 0 Å². The van der Waals surface area contributed by atoms with Gasteiger partial charge in [-0.05, 0) is 57.8 Å². The zero-order valence-corrected chi connectivity index (χ0v) is 11.6. The fraction of sp³-hybridized carbons (Fsp3) is 1.00. The number of likely N-dealkylation sites (tertiary alicyclic amines) is 1. The predicted molar refractivity (Wildman–Crippen MR) is 71.8 cm³/mol. The van der Waals surface area contributed by atoms with Crippen molar-refractivity contribution in [2.24, 2.45) is 11.8 Å². The number of rotatable bonds is 6. The number of hydrogen-bond donors (Lipinski definition) is 1. The summed E-state index contributed by atoms with van der Waals surface area (Å²) in [6, 6.07) is 0.829. The van der Waals surface area contributed by atoms with Crippen LogP contribution in [-0.2, 0) is 0 Å². The quantitative estimate of drug-likeness (QED) is 0.701. The van der Waals surface area contributed by atoms with Crippen LogP contribution in [0.15, 0.2) is 0 Å². The highest BCUT2D eigenvalue weighted by atomic mass is 15.1. The molecule has 0 aromatic rings. The summed E-state index contributed by atoms with van der Waals surface area (Å²) in [5.41, 5.74) is 0. The van der Waals surface area contributed by atoms with E-state index in [9.17, 15) is 0 Å². The van der Waals surface area contributed by atoms with Gasteiger partial charge in [-0.3, -0.25) is 0 Å². The molecular formula is C14H30N2. The van der Waals surface area contributed by atoms with E-state index in [1.54, 1.807) is 0 Å². The van der Waals surface area contributed by atoms with Crippen molar-refractivity contribution in [1.29, 1.82) is 0 Å². The molecule has 1 saturated heterocycles. The van der Waals surface area contributed by atoms with Gasteiger partial charge in [0.25, 0.3) is 0 Å². The van der Waals surface area contributed by atoms with E-state index in [-0.39, 0.29) is 0 Å². The van der Waals surface area contributed by atoms with Gasteiger partial charge in [-0.2, -0.15) is 0 Å². The van der Waals surface area contributed by atoms with Crippen LogP contribution in [0.3, 0.4) is 0 Å². The Balaban J connectivity index is 2.06. The van der Waals surface area contributed by atoms with Crippen molar-refractivity contribution in [2.75, 3.05) is 26.7 Å². The summed E-state index contributed by atoms with van der Waals surface area (Å²) >= 11 is 0. The maximum absolute atomic E-state index is 3.61. The van der Waals surface area contributed by atoms with Gasteiger partial charge >= 0.3 is 0 Å². The monoisotopic (exact) mass is 226 g/mol. The minimum Gasteiger partial charge on any atom is -0.316 e. The van der Waals surface area contributed by atoms with Gasteiger partial charge in [-0.25, -0.2) is 0 Å². The number of piperidine rings is 1. The first-order chi connectivity index (χ1) is 7.61. The Morgan fingerprint density at radius 2 is 2.00 bits per heavy atom. The van der Waals surface area contributed by atoms with Gasteiger partial charge in [-0.15, -0.1) is 0 Å². The van der Waals surface area contributed by atoms with Gasteiger partial charge in [-0.1, -0.05) is 27.2 Å². The Kier molecular flexibility index (Phi) is 6.37. The second-order valence-electron chi connectivity index (χ2n) is 5.84. The zero-order valence-electron chi connectivity index (χ0n) is 11.6. The van der Waals surface area contributed by atoms with Crippen LogP contribution in [0.1, 0.15) is 46.5 Å². The van der Waals surface area contributed by atoms with E-state index in [0.29, 0.717) is 0 Å². The number of nitrogens with one attached hydrogen (secondary N) is 1. The molecule has 0 aliphatic carbocycles. The Labute approximate surface area is 102 Å². The molecule has 2 unspecified atom stereocenters. The number of nitrogens with zero attached hydrogens (tertiary/aromatic N) is 1. The largest absolute Gasteiger partial charge is 0.316 e. The molecule has 0 saturated carbocycles. The zero-order chi connectivity index (χ0) is 12.0. The highest BCUT2D eigenvalue weighted by Gasteiger charge is 2.18. The lowest BCUT2D eigenvalue weighted by atomic mass is 9.97. The predicted octanol–water partition coefficient (Wildman–Crippen LogP) is 2.74. The molecule has 0 radical (unpaired) electrons. The van der Waals surface area contributed by atoms with Gasteiger partial charge in [0.2, 0.25) is 0 Å². The van der Waals surface area contributed by atoms with Gasteiger partial charge in [0.05, 0.1) is 0 Å². The molecule has 16 heavy (non-hydrogen) atoms. The smallest absolute Gasteiger partial charge is 0.0104 e. The standard InChI is InChI=1S/C14H30N2/c1-12(2)13(3)11-15-9-8-14-7-5-6-10-16(14)4/h12-15H,5-11H2,1-4H3. The van der Waals surface area contributed by atoms with E-state index < -0.39 is 0 Å². The summed E-state index contributed by atoms with van der Waals surface area (Å²) in [4.78, 5) is 2.54. The summed E-state index contributed by atoms with van der Waals surface area (Å²) in [5, 5.41) is 3.61. The molecule has 1 fully saturated rings. The third-order valence-corrected chi connectivity index (χ3v) is 4.18. The first-order valence-electron chi connectivity index (χ1n) is 7.02. The van der Waals surface area contributed by atoms with Crippen LogP contribution in [-0.4, -0.2) is 37.6 Å². The Hall–Kier alpha value is -0.0800. The molecule has 1 aliphatic heterocycles. The molecule has 1 N–H and O–H groups in total. The van der Waals surface area contributed by atoms with Crippen LogP contribution in [0.2, 0.25) is 0 Å². The lowest BCUT2D eigenvalue weighted by molar-refractivity contribution is 0.175. The van der Waals surface area contributed by atoms with E-state index >= 15 is 0 Å². The second kappa shape index (κ2) is 7.29. The lowest BCUT2D eigenvalue weighted by Crippen LogP contribution is -2.38. The van der Waals surface area contributed by atoms with E-state index in [4.69, 9.17) is 0 Å². The third kappa shape index (κ3) is 4.84. The molecule has 96 valence electrons. The molecular weight excluding hydrogens is 196 g/mol. The normalized spacial score (nSPS) is 24.9. The van der Waals surface area contributed by atoms with Gasteiger partial charge in [0, 0.05) is 6.04 Å².